The normalized spacial score (nSPS) is 32.6. The molecule has 1 aromatic rings. The largest absolute Gasteiger partial charge is 0.376 e. The molecule has 4 unspecified atom stereocenters. The van der Waals surface area contributed by atoms with Gasteiger partial charge in [-0.3, -0.25) is 4.79 Å². The summed E-state index contributed by atoms with van der Waals surface area (Å²) < 4.78 is 7.73. The fourth-order valence-electron chi connectivity index (χ4n) is 3.39. The number of hydrogen-bond acceptors (Lipinski definition) is 3. The molecule has 1 aliphatic carbocycles. The van der Waals surface area contributed by atoms with E-state index in [-0.39, 0.29) is 30.1 Å². The van der Waals surface area contributed by atoms with E-state index in [4.69, 9.17) is 10.5 Å². The van der Waals surface area contributed by atoms with Crippen molar-refractivity contribution in [1.82, 2.24) is 9.88 Å². The predicted molar refractivity (Wildman–Crippen MR) is 76.5 cm³/mol. The van der Waals surface area contributed by atoms with E-state index in [2.05, 4.69) is 19.2 Å². The maximum absolute atomic E-state index is 12.4. The molecule has 2 fully saturated rings. The van der Waals surface area contributed by atoms with Gasteiger partial charge in [-0.1, -0.05) is 0 Å². The number of carbonyl (C=O) groups is 1. The van der Waals surface area contributed by atoms with Crippen molar-refractivity contribution in [3.8, 4) is 0 Å². The van der Waals surface area contributed by atoms with E-state index in [1.165, 1.54) is 0 Å². The van der Waals surface area contributed by atoms with E-state index in [0.29, 0.717) is 11.6 Å². The summed E-state index contributed by atoms with van der Waals surface area (Å²) in [5.74, 6) is 0.350. The molecule has 20 heavy (non-hydrogen) atoms. The van der Waals surface area contributed by atoms with E-state index in [0.717, 1.165) is 19.4 Å². The van der Waals surface area contributed by atoms with Crippen LogP contribution in [0, 0.1) is 5.92 Å². The zero-order valence-corrected chi connectivity index (χ0v) is 12.1. The SMILES string of the molecule is CC(C)n1cccc1C(=O)NC1C(N)C2CCCOC21. The van der Waals surface area contributed by atoms with Gasteiger partial charge >= 0.3 is 0 Å². The van der Waals surface area contributed by atoms with Gasteiger partial charge in [0.15, 0.2) is 0 Å². The first kappa shape index (κ1) is 13.6. The molecule has 5 heteroatoms. The van der Waals surface area contributed by atoms with Crippen LogP contribution in [0.2, 0.25) is 0 Å². The van der Waals surface area contributed by atoms with Crippen molar-refractivity contribution in [1.29, 1.82) is 0 Å². The Morgan fingerprint density at radius 1 is 1.55 bits per heavy atom. The van der Waals surface area contributed by atoms with Gasteiger partial charge in [-0.25, -0.2) is 0 Å². The first-order chi connectivity index (χ1) is 9.59. The molecule has 1 saturated heterocycles. The number of carbonyl (C=O) groups excluding carboxylic acids is 1. The standard InChI is InChI=1S/C15H23N3O2/c1-9(2)18-7-3-6-11(18)15(19)17-13-12(16)10-5-4-8-20-14(10)13/h3,6-7,9-10,12-14H,4-5,8,16H2,1-2H3,(H,17,19). The Morgan fingerprint density at radius 2 is 2.35 bits per heavy atom. The highest BCUT2D eigenvalue weighted by Crippen LogP contribution is 2.37. The molecular weight excluding hydrogens is 254 g/mol. The smallest absolute Gasteiger partial charge is 0.268 e. The topological polar surface area (TPSA) is 69.3 Å². The molecular formula is C15H23N3O2. The Hall–Kier alpha value is -1.33. The molecule has 1 aromatic heterocycles. The van der Waals surface area contributed by atoms with Crippen LogP contribution in [-0.2, 0) is 4.74 Å². The Labute approximate surface area is 119 Å². The van der Waals surface area contributed by atoms with Gasteiger partial charge in [0.2, 0.25) is 0 Å². The zero-order valence-electron chi connectivity index (χ0n) is 12.1. The van der Waals surface area contributed by atoms with Crippen LogP contribution >= 0.6 is 0 Å². The molecule has 5 nitrogen and oxygen atoms in total. The molecule has 2 heterocycles. The molecule has 0 aromatic carbocycles. The fourth-order valence-corrected chi connectivity index (χ4v) is 3.39. The second-order valence-electron chi connectivity index (χ2n) is 6.11. The van der Waals surface area contributed by atoms with Crippen LogP contribution in [0.4, 0.5) is 0 Å². The third-order valence-electron chi connectivity index (χ3n) is 4.54. The third-order valence-corrected chi connectivity index (χ3v) is 4.54. The van der Waals surface area contributed by atoms with Gasteiger partial charge in [0.05, 0.1) is 12.1 Å². The molecule has 3 N–H and O–H groups in total. The first-order valence-corrected chi connectivity index (χ1v) is 7.44. The summed E-state index contributed by atoms with van der Waals surface area (Å²) in [6, 6.07) is 3.98. The van der Waals surface area contributed by atoms with Gasteiger partial charge in [0.1, 0.15) is 5.69 Å². The molecule has 0 spiro atoms. The number of rotatable bonds is 3. The minimum Gasteiger partial charge on any atom is -0.376 e. The summed E-state index contributed by atoms with van der Waals surface area (Å²) >= 11 is 0. The fraction of sp³-hybridized carbons (Fsp3) is 0.667. The molecule has 1 aliphatic heterocycles. The summed E-state index contributed by atoms with van der Waals surface area (Å²) in [4.78, 5) is 12.4. The Balaban J connectivity index is 1.68. The van der Waals surface area contributed by atoms with Gasteiger partial charge in [0.25, 0.3) is 5.91 Å². The van der Waals surface area contributed by atoms with Crippen molar-refractivity contribution in [2.24, 2.45) is 11.7 Å². The summed E-state index contributed by atoms with van der Waals surface area (Å²) in [6.07, 6.45) is 4.22. The van der Waals surface area contributed by atoms with E-state index in [1.54, 1.807) is 0 Å². The van der Waals surface area contributed by atoms with Crippen LogP contribution in [0.3, 0.4) is 0 Å². The van der Waals surface area contributed by atoms with E-state index < -0.39 is 0 Å². The van der Waals surface area contributed by atoms with E-state index >= 15 is 0 Å². The van der Waals surface area contributed by atoms with Gasteiger partial charge < -0.3 is 20.4 Å². The Kier molecular flexibility index (Phi) is 3.56. The number of aromatic nitrogens is 1. The molecule has 2 aliphatic rings. The minimum absolute atomic E-state index is 0.0201. The Morgan fingerprint density at radius 3 is 3.10 bits per heavy atom. The minimum atomic E-state index is -0.0585. The summed E-state index contributed by atoms with van der Waals surface area (Å²) in [7, 11) is 0. The quantitative estimate of drug-likeness (QED) is 0.875. The highest BCUT2D eigenvalue weighted by molar-refractivity contribution is 5.93. The molecule has 1 amide bonds. The number of fused-ring (bicyclic) bond motifs is 1. The summed E-state index contributed by atoms with van der Waals surface area (Å²) in [5.41, 5.74) is 6.86. The van der Waals surface area contributed by atoms with Crippen molar-refractivity contribution in [2.45, 2.75) is 50.9 Å². The van der Waals surface area contributed by atoms with Crippen molar-refractivity contribution in [3.63, 3.8) is 0 Å². The Bertz CT molecular complexity index is 497. The van der Waals surface area contributed by atoms with E-state index in [9.17, 15) is 4.79 Å². The molecule has 3 rings (SSSR count). The highest BCUT2D eigenvalue weighted by Gasteiger charge is 2.51. The highest BCUT2D eigenvalue weighted by atomic mass is 16.5. The predicted octanol–water partition coefficient (Wildman–Crippen LogP) is 1.30. The van der Waals surface area contributed by atoms with Gasteiger partial charge in [-0.05, 0) is 38.8 Å². The lowest BCUT2D eigenvalue weighted by atomic mass is 9.68. The van der Waals surface area contributed by atoms with Gasteiger partial charge in [0, 0.05) is 30.8 Å². The number of nitrogens with one attached hydrogen (secondary N) is 1. The second-order valence-corrected chi connectivity index (χ2v) is 6.11. The number of ether oxygens (including phenoxy) is 1. The van der Waals surface area contributed by atoms with Crippen molar-refractivity contribution >= 4 is 5.91 Å². The first-order valence-electron chi connectivity index (χ1n) is 7.44. The molecule has 110 valence electrons. The van der Waals surface area contributed by atoms with Crippen LogP contribution in [0.15, 0.2) is 18.3 Å². The molecule has 1 saturated carbocycles. The molecule has 0 radical (unpaired) electrons. The van der Waals surface area contributed by atoms with Gasteiger partial charge in [-0.2, -0.15) is 0 Å². The van der Waals surface area contributed by atoms with Crippen LogP contribution in [-0.4, -0.2) is 35.3 Å². The monoisotopic (exact) mass is 277 g/mol. The number of hydrogen-bond donors (Lipinski definition) is 2. The summed E-state index contributed by atoms with van der Waals surface area (Å²) in [5, 5.41) is 3.05. The second kappa shape index (κ2) is 5.22. The third kappa shape index (κ3) is 2.15. The lowest BCUT2D eigenvalue weighted by molar-refractivity contribution is -0.117. The lowest BCUT2D eigenvalue weighted by Gasteiger charge is -2.52. The zero-order chi connectivity index (χ0) is 14.3. The van der Waals surface area contributed by atoms with Crippen molar-refractivity contribution in [2.75, 3.05) is 6.61 Å². The van der Waals surface area contributed by atoms with Crippen molar-refractivity contribution in [3.05, 3.63) is 24.0 Å². The average Bonchev–Trinajstić information content (AvgIpc) is 2.93. The maximum atomic E-state index is 12.4. The van der Waals surface area contributed by atoms with Crippen LogP contribution in [0.25, 0.3) is 0 Å². The molecule has 0 bridgehead atoms. The van der Waals surface area contributed by atoms with Crippen LogP contribution in [0.5, 0.6) is 0 Å². The van der Waals surface area contributed by atoms with Gasteiger partial charge in [-0.15, -0.1) is 0 Å². The number of nitrogens with two attached hydrogens (primary N) is 1. The van der Waals surface area contributed by atoms with E-state index in [1.807, 2.05) is 22.9 Å². The number of amides is 1. The number of nitrogens with zero attached hydrogens (tertiary/aromatic N) is 1. The maximum Gasteiger partial charge on any atom is 0.268 e. The van der Waals surface area contributed by atoms with Crippen molar-refractivity contribution < 1.29 is 9.53 Å². The van der Waals surface area contributed by atoms with Crippen LogP contribution < -0.4 is 11.1 Å². The van der Waals surface area contributed by atoms with Crippen LogP contribution in [0.1, 0.15) is 43.2 Å². The summed E-state index contributed by atoms with van der Waals surface area (Å²) in [6.45, 7) is 4.90. The molecule has 4 atom stereocenters. The lowest BCUT2D eigenvalue weighted by Crippen LogP contribution is -2.72. The average molecular weight is 277 g/mol.